The first-order valence-corrected chi connectivity index (χ1v) is 7.34. The first-order chi connectivity index (χ1) is 9.71. The van der Waals surface area contributed by atoms with Crippen molar-refractivity contribution in [2.45, 2.75) is 39.2 Å². The Hall–Kier alpha value is -1.42. The molecule has 0 aromatic heterocycles. The van der Waals surface area contributed by atoms with E-state index in [9.17, 15) is 9.18 Å². The lowest BCUT2D eigenvalue weighted by molar-refractivity contribution is 0.109. The fraction of sp³-hybridized carbons (Fsp3) is 0.562. The molecule has 0 bridgehead atoms. The van der Waals surface area contributed by atoms with Gasteiger partial charge in [-0.3, -0.25) is 9.69 Å². The van der Waals surface area contributed by atoms with Gasteiger partial charge in [-0.2, -0.15) is 0 Å². The van der Waals surface area contributed by atoms with Gasteiger partial charge >= 0.3 is 0 Å². The van der Waals surface area contributed by atoms with Gasteiger partial charge in [0.15, 0.2) is 11.6 Å². The van der Waals surface area contributed by atoms with Crippen molar-refractivity contribution >= 4 is 6.29 Å². The van der Waals surface area contributed by atoms with Crippen molar-refractivity contribution in [2.24, 2.45) is 0 Å². The molecule has 0 saturated heterocycles. The lowest BCUT2D eigenvalue weighted by Gasteiger charge is -2.35. The fourth-order valence-corrected chi connectivity index (χ4v) is 2.85. The number of fused-ring (bicyclic) bond motifs is 1. The summed E-state index contributed by atoms with van der Waals surface area (Å²) in [5.41, 5.74) is 1.26. The maximum Gasteiger partial charge on any atom is 0.165 e. The van der Waals surface area contributed by atoms with Crippen molar-refractivity contribution in [1.82, 2.24) is 4.90 Å². The highest BCUT2D eigenvalue weighted by Crippen LogP contribution is 2.31. The van der Waals surface area contributed by atoms with Gasteiger partial charge in [0.1, 0.15) is 12.9 Å². The molecule has 4 heteroatoms. The number of hydrogen-bond acceptors (Lipinski definition) is 3. The molecule has 3 nitrogen and oxygen atoms in total. The van der Waals surface area contributed by atoms with Crippen LogP contribution in [-0.2, 0) is 6.42 Å². The van der Waals surface area contributed by atoms with E-state index in [0.717, 1.165) is 32.2 Å². The maximum atomic E-state index is 13.8. The molecule has 1 heterocycles. The fourth-order valence-electron chi connectivity index (χ4n) is 2.85. The lowest BCUT2D eigenvalue weighted by atomic mass is 9.96. The first-order valence-electron chi connectivity index (χ1n) is 7.34. The molecule has 0 radical (unpaired) electrons. The molecule has 0 saturated carbocycles. The molecule has 0 unspecified atom stereocenters. The van der Waals surface area contributed by atoms with Gasteiger partial charge in [-0.05, 0) is 44.5 Å². The Morgan fingerprint density at radius 2 is 2.05 bits per heavy atom. The number of nitrogens with zero attached hydrogens (tertiary/aromatic N) is 1. The molecule has 0 N–H and O–H groups in total. The molecule has 1 aromatic carbocycles. The normalized spacial score (nSPS) is 17.7. The average molecular weight is 279 g/mol. The predicted molar refractivity (Wildman–Crippen MR) is 76.9 cm³/mol. The minimum absolute atomic E-state index is 0.225. The summed E-state index contributed by atoms with van der Waals surface area (Å²) in [4.78, 5) is 13.5. The first kappa shape index (κ1) is 15.0. The number of carbonyl (C=O) groups is 1. The van der Waals surface area contributed by atoms with E-state index < -0.39 is 0 Å². The minimum Gasteiger partial charge on any atom is -0.489 e. The number of hydrogen-bond donors (Lipinski definition) is 0. The molecule has 2 rings (SSSR count). The van der Waals surface area contributed by atoms with E-state index in [-0.39, 0.29) is 17.6 Å². The molecule has 0 amide bonds. The largest absolute Gasteiger partial charge is 0.489 e. The second kappa shape index (κ2) is 6.84. The van der Waals surface area contributed by atoms with Crippen molar-refractivity contribution in [3.05, 3.63) is 29.1 Å². The average Bonchev–Trinajstić information content (AvgIpc) is 2.47. The van der Waals surface area contributed by atoms with Crippen LogP contribution in [0.4, 0.5) is 4.39 Å². The van der Waals surface area contributed by atoms with E-state index in [2.05, 4.69) is 18.7 Å². The third kappa shape index (κ3) is 3.01. The van der Waals surface area contributed by atoms with Gasteiger partial charge in [0, 0.05) is 17.2 Å². The molecule has 1 atom stereocenters. The monoisotopic (exact) mass is 279 g/mol. The summed E-state index contributed by atoms with van der Waals surface area (Å²) in [6.07, 6.45) is 3.62. The molecule has 0 fully saturated rings. The van der Waals surface area contributed by atoms with Gasteiger partial charge < -0.3 is 4.74 Å². The number of halogens is 1. The summed E-state index contributed by atoms with van der Waals surface area (Å²) in [5.74, 6) is -0.111. The number of ether oxygens (including phenoxy) is 1. The SMILES string of the molecule is CCCN(CCC)[C@H]1COc2c(F)ccc(C=O)c2C1. The van der Waals surface area contributed by atoms with Gasteiger partial charge in [0.2, 0.25) is 0 Å². The van der Waals surface area contributed by atoms with Crippen LogP contribution in [0.1, 0.15) is 42.6 Å². The topological polar surface area (TPSA) is 29.5 Å². The second-order valence-electron chi connectivity index (χ2n) is 5.27. The summed E-state index contributed by atoms with van der Waals surface area (Å²) in [7, 11) is 0. The van der Waals surface area contributed by atoms with E-state index in [0.29, 0.717) is 24.2 Å². The lowest BCUT2D eigenvalue weighted by Crippen LogP contribution is -2.44. The van der Waals surface area contributed by atoms with E-state index in [4.69, 9.17) is 4.74 Å². The maximum absolute atomic E-state index is 13.8. The van der Waals surface area contributed by atoms with Crippen molar-refractivity contribution in [3.63, 3.8) is 0 Å². The van der Waals surface area contributed by atoms with E-state index in [1.54, 1.807) is 0 Å². The van der Waals surface area contributed by atoms with Gasteiger partial charge in [0.25, 0.3) is 0 Å². The Morgan fingerprint density at radius 3 is 2.65 bits per heavy atom. The van der Waals surface area contributed by atoms with Crippen molar-refractivity contribution in [2.75, 3.05) is 19.7 Å². The quantitative estimate of drug-likeness (QED) is 0.750. The Balaban J connectivity index is 2.24. The molecule has 0 spiro atoms. The van der Waals surface area contributed by atoms with E-state index >= 15 is 0 Å². The van der Waals surface area contributed by atoms with E-state index in [1.807, 2.05) is 0 Å². The Bertz CT molecular complexity index is 470. The number of rotatable bonds is 6. The highest BCUT2D eigenvalue weighted by Gasteiger charge is 2.28. The predicted octanol–water partition coefficient (Wildman–Crippen LogP) is 3.06. The number of benzene rings is 1. The van der Waals surface area contributed by atoms with Crippen LogP contribution in [0.3, 0.4) is 0 Å². The highest BCUT2D eigenvalue weighted by molar-refractivity contribution is 5.79. The zero-order chi connectivity index (χ0) is 14.5. The van der Waals surface area contributed by atoms with Crippen LogP contribution >= 0.6 is 0 Å². The number of carbonyl (C=O) groups excluding carboxylic acids is 1. The molecule has 1 aliphatic rings. The molecule has 110 valence electrons. The van der Waals surface area contributed by atoms with Crippen molar-refractivity contribution in [3.8, 4) is 5.75 Å². The highest BCUT2D eigenvalue weighted by atomic mass is 19.1. The van der Waals surface area contributed by atoms with Crippen molar-refractivity contribution in [1.29, 1.82) is 0 Å². The van der Waals surface area contributed by atoms with Gasteiger partial charge in [-0.25, -0.2) is 4.39 Å². The van der Waals surface area contributed by atoms with Crippen LogP contribution < -0.4 is 4.74 Å². The third-order valence-corrected chi connectivity index (χ3v) is 3.77. The Labute approximate surface area is 119 Å². The summed E-state index contributed by atoms with van der Waals surface area (Å²) in [5, 5.41) is 0. The Morgan fingerprint density at radius 1 is 1.35 bits per heavy atom. The molecule has 1 aliphatic heterocycles. The van der Waals surface area contributed by atoms with Crippen LogP contribution in [-0.4, -0.2) is 36.9 Å². The van der Waals surface area contributed by atoms with Crippen LogP contribution in [0, 0.1) is 5.82 Å². The van der Waals surface area contributed by atoms with Gasteiger partial charge in [0.05, 0.1) is 0 Å². The third-order valence-electron chi connectivity index (χ3n) is 3.77. The van der Waals surface area contributed by atoms with Gasteiger partial charge in [-0.15, -0.1) is 0 Å². The number of aldehydes is 1. The van der Waals surface area contributed by atoms with Crippen LogP contribution in [0.5, 0.6) is 5.75 Å². The van der Waals surface area contributed by atoms with E-state index in [1.165, 1.54) is 12.1 Å². The van der Waals surface area contributed by atoms with Crippen molar-refractivity contribution < 1.29 is 13.9 Å². The Kier molecular flexibility index (Phi) is 5.12. The molecule has 20 heavy (non-hydrogen) atoms. The van der Waals surface area contributed by atoms with Crippen LogP contribution in [0.25, 0.3) is 0 Å². The summed E-state index contributed by atoms with van der Waals surface area (Å²) in [6.45, 7) is 6.80. The van der Waals surface area contributed by atoms with Crippen LogP contribution in [0.15, 0.2) is 12.1 Å². The zero-order valence-electron chi connectivity index (χ0n) is 12.2. The summed E-state index contributed by atoms with van der Waals surface area (Å²) < 4.78 is 19.4. The molecule has 1 aromatic rings. The molecular weight excluding hydrogens is 257 g/mol. The molecular formula is C16H22FNO2. The second-order valence-corrected chi connectivity index (χ2v) is 5.27. The van der Waals surface area contributed by atoms with Crippen LogP contribution in [0.2, 0.25) is 0 Å². The standard InChI is InChI=1S/C16H22FNO2/c1-3-7-18(8-4-2)13-9-14-12(10-19)5-6-15(17)16(14)20-11-13/h5-6,10,13H,3-4,7-9,11H2,1-2H3/t13-/m1/s1. The van der Waals surface area contributed by atoms with Gasteiger partial charge in [-0.1, -0.05) is 13.8 Å². The summed E-state index contributed by atoms with van der Waals surface area (Å²) in [6, 6.07) is 3.07. The molecule has 0 aliphatic carbocycles. The zero-order valence-corrected chi connectivity index (χ0v) is 12.2. The summed E-state index contributed by atoms with van der Waals surface area (Å²) >= 11 is 0. The minimum atomic E-state index is -0.374. The smallest absolute Gasteiger partial charge is 0.165 e.